The number of aromatic nitrogens is 1. The fraction of sp³-hybridized carbons (Fsp3) is 0.296. The zero-order valence-corrected chi connectivity index (χ0v) is 23.1. The van der Waals surface area contributed by atoms with E-state index in [-0.39, 0.29) is 21.1 Å². The van der Waals surface area contributed by atoms with Crippen molar-refractivity contribution >= 4 is 29.5 Å². The average molecular weight is 615 g/mol. The van der Waals surface area contributed by atoms with Crippen molar-refractivity contribution in [2.24, 2.45) is 0 Å². The van der Waals surface area contributed by atoms with E-state index < -0.39 is 49.7 Å². The molecule has 208 valence electrons. The molecule has 5 nitrogen and oxygen atoms in total. The fourth-order valence-electron chi connectivity index (χ4n) is 3.53. The summed E-state index contributed by atoms with van der Waals surface area (Å²) in [4.78, 5) is 28.9. The van der Waals surface area contributed by atoms with E-state index >= 15 is 0 Å². The normalized spacial score (nSPS) is 13.2. The van der Waals surface area contributed by atoms with Crippen LogP contribution in [0.3, 0.4) is 0 Å². The molecule has 0 aliphatic rings. The Bertz CT molecular complexity index is 1380. The molecule has 1 heterocycles. The van der Waals surface area contributed by atoms with Gasteiger partial charge in [-0.3, -0.25) is 0 Å². The second-order valence-corrected chi connectivity index (χ2v) is 13.8. The molecule has 1 aromatic heterocycles. The van der Waals surface area contributed by atoms with E-state index in [4.69, 9.17) is 4.74 Å². The first-order valence-corrected chi connectivity index (χ1v) is 15.2. The molecule has 0 spiro atoms. The number of rotatable bonds is 8. The van der Waals surface area contributed by atoms with Gasteiger partial charge in [0.15, 0.2) is 0 Å². The van der Waals surface area contributed by atoms with Gasteiger partial charge in [-0.05, 0) is 0 Å². The molecule has 12 heteroatoms. The topological polar surface area (TPSA) is 76.5 Å². The number of hydrogen-bond acceptors (Lipinski definition) is 4. The molecule has 1 atom stereocenters. The van der Waals surface area contributed by atoms with Gasteiger partial charge in [0.25, 0.3) is 0 Å². The summed E-state index contributed by atoms with van der Waals surface area (Å²) >= 11 is -2.74. The van der Waals surface area contributed by atoms with Gasteiger partial charge < -0.3 is 0 Å². The van der Waals surface area contributed by atoms with Crippen molar-refractivity contribution in [2.45, 2.75) is 50.9 Å². The monoisotopic (exact) mass is 615 g/mol. The van der Waals surface area contributed by atoms with E-state index in [9.17, 15) is 41.0 Å². The van der Waals surface area contributed by atoms with Crippen LogP contribution in [0.25, 0.3) is 11.3 Å². The van der Waals surface area contributed by atoms with E-state index in [1.54, 1.807) is 24.8 Å². The Balaban J connectivity index is 1.85. The van der Waals surface area contributed by atoms with Crippen LogP contribution in [0.15, 0.2) is 54.6 Å². The van der Waals surface area contributed by atoms with Gasteiger partial charge in [0.05, 0.1) is 0 Å². The van der Waals surface area contributed by atoms with Crippen molar-refractivity contribution in [1.29, 1.82) is 0 Å². The summed E-state index contributed by atoms with van der Waals surface area (Å²) in [6.07, 6.45) is -9.31. The van der Waals surface area contributed by atoms with Gasteiger partial charge in [0.1, 0.15) is 0 Å². The number of carbonyl (C=O) groups is 2. The molecule has 2 aromatic carbocycles. The molecular formula is C27H24AsF6NO4. The molecule has 0 bridgehead atoms. The van der Waals surface area contributed by atoms with E-state index in [2.05, 4.69) is 4.98 Å². The third-order valence-electron chi connectivity index (χ3n) is 5.91. The van der Waals surface area contributed by atoms with Crippen LogP contribution in [0.5, 0.6) is 5.75 Å². The summed E-state index contributed by atoms with van der Waals surface area (Å²) in [5, 5.41) is 9.28. The van der Waals surface area contributed by atoms with Crippen LogP contribution in [0.1, 0.15) is 36.2 Å². The fourth-order valence-corrected chi connectivity index (χ4v) is 6.36. The van der Waals surface area contributed by atoms with E-state index in [0.29, 0.717) is 28.6 Å². The first-order chi connectivity index (χ1) is 17.9. The van der Waals surface area contributed by atoms with Gasteiger partial charge in [-0.25, -0.2) is 0 Å². The predicted molar refractivity (Wildman–Crippen MR) is 133 cm³/mol. The third-order valence-corrected chi connectivity index (χ3v) is 9.98. The van der Waals surface area contributed by atoms with Gasteiger partial charge in [0.2, 0.25) is 0 Å². The number of benzene rings is 2. The van der Waals surface area contributed by atoms with E-state index in [1.165, 1.54) is 32.0 Å². The summed E-state index contributed by atoms with van der Waals surface area (Å²) in [7, 11) is 0. The van der Waals surface area contributed by atoms with Crippen molar-refractivity contribution in [3.8, 4) is 17.0 Å². The Labute approximate surface area is 225 Å². The van der Waals surface area contributed by atoms with E-state index in [0.717, 1.165) is 18.2 Å². The van der Waals surface area contributed by atoms with Gasteiger partial charge >= 0.3 is 225 Å². The molecule has 0 aliphatic carbocycles. The van der Waals surface area contributed by atoms with Crippen molar-refractivity contribution in [1.82, 2.24) is 4.98 Å². The van der Waals surface area contributed by atoms with Crippen molar-refractivity contribution in [3.63, 3.8) is 0 Å². The summed E-state index contributed by atoms with van der Waals surface area (Å²) in [5.41, 5.74) is -0.211. The number of aliphatic carboxylic acids is 1. The summed E-state index contributed by atoms with van der Waals surface area (Å²) < 4.78 is 84.3. The average Bonchev–Trinajstić information content (AvgIpc) is 2.83. The van der Waals surface area contributed by atoms with Crippen LogP contribution >= 0.6 is 0 Å². The number of pyridine rings is 1. The maximum absolute atomic E-state index is 13.6. The quantitative estimate of drug-likeness (QED) is 0.248. The van der Waals surface area contributed by atoms with Crippen molar-refractivity contribution in [2.75, 3.05) is 0 Å². The van der Waals surface area contributed by atoms with Crippen LogP contribution < -0.4 is 9.09 Å². The Morgan fingerprint density at radius 3 is 2.00 bits per heavy atom. The number of carboxylic acid groups (broad SMARTS) is 1. The zero-order valence-electron chi connectivity index (χ0n) is 21.2. The second-order valence-electron chi connectivity index (χ2n) is 9.28. The Morgan fingerprint density at radius 1 is 0.897 bits per heavy atom. The SMILES string of the molecule is Cc1nc(-c2ccc(C(F)(F)F)cc2)ccc1CC(=O)[As](C)c1cc(OC(C)(C)C(=O)O)cc(C(F)(F)F)c1. The first kappa shape index (κ1) is 30.2. The zero-order chi connectivity index (χ0) is 29.3. The number of halogens is 6. The molecule has 0 fully saturated rings. The minimum absolute atomic E-state index is 0.102. The summed E-state index contributed by atoms with van der Waals surface area (Å²) in [5.74, 6) is -1.67. The molecular weight excluding hydrogens is 591 g/mol. The predicted octanol–water partition coefficient (Wildman–Crippen LogP) is 6.02. The number of carbonyl (C=O) groups excluding carboxylic acids is 1. The molecule has 3 rings (SSSR count). The van der Waals surface area contributed by atoms with Gasteiger partial charge in [0, 0.05) is 0 Å². The van der Waals surface area contributed by atoms with Gasteiger partial charge in [-0.1, -0.05) is 0 Å². The summed E-state index contributed by atoms with van der Waals surface area (Å²) in [6.45, 7) is 4.03. The third kappa shape index (κ3) is 7.41. The second kappa shape index (κ2) is 11.0. The Kier molecular flexibility index (Phi) is 8.55. The molecule has 0 saturated heterocycles. The Hall–Kier alpha value is -3.33. The molecule has 39 heavy (non-hydrogen) atoms. The van der Waals surface area contributed by atoms with Crippen LogP contribution in [0.2, 0.25) is 5.71 Å². The van der Waals surface area contributed by atoms with Crippen LogP contribution in [-0.2, 0) is 28.4 Å². The van der Waals surface area contributed by atoms with Gasteiger partial charge in [-0.15, -0.1) is 0 Å². The number of aryl methyl sites for hydroxylation is 1. The van der Waals surface area contributed by atoms with E-state index in [1.807, 2.05) is 0 Å². The molecule has 0 aliphatic heterocycles. The number of carboxylic acids is 1. The number of nitrogens with zero attached hydrogens (tertiary/aromatic N) is 1. The first-order valence-electron chi connectivity index (χ1n) is 11.4. The summed E-state index contributed by atoms with van der Waals surface area (Å²) in [6, 6.07) is 10.5. The maximum atomic E-state index is 13.6. The number of hydrogen-bond donors (Lipinski definition) is 1. The van der Waals surface area contributed by atoms with Crippen LogP contribution in [0, 0.1) is 6.92 Å². The molecule has 1 unspecified atom stereocenters. The molecule has 3 aromatic rings. The molecule has 0 amide bonds. The standard InChI is InChI=1S/C27H24AsF6NO4/c1-15-17(7-10-22(35-15)16-5-8-18(9-6-16)26(29,30)31)11-23(36)28(4)20-12-19(27(32,33)34)13-21(14-20)39-25(2,3)24(37)38/h5-10,12-14H,11H2,1-4H3,(H,37,38). The number of alkyl halides is 6. The molecule has 1 N–H and O–H groups in total. The van der Waals surface area contributed by atoms with Crippen molar-refractivity contribution in [3.05, 3.63) is 77.0 Å². The minimum atomic E-state index is -4.74. The van der Waals surface area contributed by atoms with Gasteiger partial charge in [-0.2, -0.15) is 0 Å². The van der Waals surface area contributed by atoms with Crippen molar-refractivity contribution < 1.29 is 45.8 Å². The number of ether oxygens (including phenoxy) is 1. The molecule has 0 radical (unpaired) electrons. The van der Waals surface area contributed by atoms with Crippen LogP contribution in [-0.4, -0.2) is 40.9 Å². The molecule has 0 saturated carbocycles. The van der Waals surface area contributed by atoms with Crippen LogP contribution in [0.4, 0.5) is 26.3 Å². The Morgan fingerprint density at radius 2 is 1.49 bits per heavy atom.